The van der Waals surface area contributed by atoms with Gasteiger partial charge in [-0.2, -0.15) is 0 Å². The standard InChI is InChI=1S/C11H21N3O4/c1-3-12-10(17)8(2)14-11(18)13-7-5-4-6-9(15)16/h8H,3-7H2,1-2H3,(H,12,17)(H,15,16)(H2,13,14,18). The number of hydrogen-bond acceptors (Lipinski definition) is 3. The van der Waals surface area contributed by atoms with Crippen LogP contribution in [0.25, 0.3) is 0 Å². The van der Waals surface area contributed by atoms with Gasteiger partial charge in [0.05, 0.1) is 0 Å². The SMILES string of the molecule is CCNC(=O)C(C)NC(=O)NCCCCC(=O)O. The Balaban J connectivity index is 3.64. The summed E-state index contributed by atoms with van der Waals surface area (Å²) < 4.78 is 0. The van der Waals surface area contributed by atoms with Gasteiger partial charge in [0.2, 0.25) is 5.91 Å². The Labute approximate surface area is 106 Å². The Bertz CT molecular complexity index is 294. The van der Waals surface area contributed by atoms with Crippen molar-refractivity contribution in [3.8, 4) is 0 Å². The number of unbranched alkanes of at least 4 members (excludes halogenated alkanes) is 1. The number of amides is 3. The van der Waals surface area contributed by atoms with Gasteiger partial charge in [-0.05, 0) is 26.7 Å². The van der Waals surface area contributed by atoms with Crippen LogP contribution in [-0.2, 0) is 9.59 Å². The van der Waals surface area contributed by atoms with Crippen molar-refractivity contribution in [1.29, 1.82) is 0 Å². The molecule has 0 fully saturated rings. The number of carboxylic acids is 1. The predicted molar refractivity (Wildman–Crippen MR) is 66.2 cm³/mol. The molecular weight excluding hydrogens is 238 g/mol. The van der Waals surface area contributed by atoms with E-state index >= 15 is 0 Å². The summed E-state index contributed by atoms with van der Waals surface area (Å²) in [5.41, 5.74) is 0. The number of rotatable bonds is 8. The molecule has 7 nitrogen and oxygen atoms in total. The van der Waals surface area contributed by atoms with E-state index in [9.17, 15) is 14.4 Å². The van der Waals surface area contributed by atoms with Crippen molar-refractivity contribution in [3.63, 3.8) is 0 Å². The highest BCUT2D eigenvalue weighted by Gasteiger charge is 2.13. The number of urea groups is 1. The highest BCUT2D eigenvalue weighted by atomic mass is 16.4. The zero-order valence-electron chi connectivity index (χ0n) is 10.8. The summed E-state index contributed by atoms with van der Waals surface area (Å²) in [7, 11) is 0. The summed E-state index contributed by atoms with van der Waals surface area (Å²) in [4.78, 5) is 32.9. The van der Waals surface area contributed by atoms with E-state index in [0.717, 1.165) is 0 Å². The first-order valence-corrected chi connectivity index (χ1v) is 6.01. The topological polar surface area (TPSA) is 108 Å². The molecule has 1 atom stereocenters. The molecule has 0 bridgehead atoms. The maximum absolute atomic E-state index is 11.3. The lowest BCUT2D eigenvalue weighted by Crippen LogP contribution is -2.48. The lowest BCUT2D eigenvalue weighted by molar-refractivity contribution is -0.137. The van der Waals surface area contributed by atoms with Gasteiger partial charge in [-0.3, -0.25) is 9.59 Å². The van der Waals surface area contributed by atoms with E-state index in [-0.39, 0.29) is 12.3 Å². The van der Waals surface area contributed by atoms with Crippen molar-refractivity contribution in [1.82, 2.24) is 16.0 Å². The first kappa shape index (κ1) is 16.2. The first-order chi connectivity index (χ1) is 8.47. The molecule has 0 spiro atoms. The van der Waals surface area contributed by atoms with Gasteiger partial charge in [0.1, 0.15) is 6.04 Å². The minimum Gasteiger partial charge on any atom is -0.481 e. The third-order valence-corrected chi connectivity index (χ3v) is 2.19. The first-order valence-electron chi connectivity index (χ1n) is 6.01. The van der Waals surface area contributed by atoms with Crippen LogP contribution in [0.3, 0.4) is 0 Å². The fourth-order valence-corrected chi connectivity index (χ4v) is 1.24. The fourth-order valence-electron chi connectivity index (χ4n) is 1.24. The summed E-state index contributed by atoms with van der Waals surface area (Å²) in [5.74, 6) is -1.08. The normalized spacial score (nSPS) is 11.4. The number of carboxylic acid groups (broad SMARTS) is 1. The van der Waals surface area contributed by atoms with Gasteiger partial charge >= 0.3 is 12.0 Å². The molecule has 7 heteroatoms. The van der Waals surface area contributed by atoms with Crippen LogP contribution in [0.4, 0.5) is 4.79 Å². The lowest BCUT2D eigenvalue weighted by atomic mass is 10.2. The second kappa shape index (κ2) is 9.26. The van der Waals surface area contributed by atoms with Crippen LogP contribution in [0.5, 0.6) is 0 Å². The monoisotopic (exact) mass is 259 g/mol. The highest BCUT2D eigenvalue weighted by molar-refractivity contribution is 5.86. The molecule has 3 amide bonds. The van der Waals surface area contributed by atoms with Crippen molar-refractivity contribution in [2.75, 3.05) is 13.1 Å². The molecule has 18 heavy (non-hydrogen) atoms. The molecule has 1 unspecified atom stereocenters. The Morgan fingerprint density at radius 3 is 2.39 bits per heavy atom. The quantitative estimate of drug-likeness (QED) is 0.462. The van der Waals surface area contributed by atoms with Crippen LogP contribution < -0.4 is 16.0 Å². The summed E-state index contributed by atoms with van der Waals surface area (Å²) in [6.45, 7) is 4.30. The molecule has 0 saturated carbocycles. The van der Waals surface area contributed by atoms with Gasteiger partial charge in [0, 0.05) is 19.5 Å². The third-order valence-electron chi connectivity index (χ3n) is 2.19. The van der Waals surface area contributed by atoms with Crippen molar-refractivity contribution in [3.05, 3.63) is 0 Å². The van der Waals surface area contributed by atoms with E-state index in [1.165, 1.54) is 0 Å². The van der Waals surface area contributed by atoms with Gasteiger partial charge in [-0.1, -0.05) is 0 Å². The molecule has 0 aliphatic carbocycles. The van der Waals surface area contributed by atoms with E-state index in [4.69, 9.17) is 5.11 Å². The van der Waals surface area contributed by atoms with Crippen LogP contribution in [0.15, 0.2) is 0 Å². The van der Waals surface area contributed by atoms with E-state index in [2.05, 4.69) is 16.0 Å². The summed E-state index contributed by atoms with van der Waals surface area (Å²) >= 11 is 0. The van der Waals surface area contributed by atoms with Crippen LogP contribution >= 0.6 is 0 Å². The second-order valence-electron chi connectivity index (χ2n) is 3.87. The average Bonchev–Trinajstić information content (AvgIpc) is 2.28. The van der Waals surface area contributed by atoms with Gasteiger partial charge in [0.15, 0.2) is 0 Å². The van der Waals surface area contributed by atoms with Gasteiger partial charge in [-0.25, -0.2) is 4.79 Å². The summed E-state index contributed by atoms with van der Waals surface area (Å²) in [5, 5.41) is 16.0. The van der Waals surface area contributed by atoms with E-state index in [1.807, 2.05) is 0 Å². The molecule has 0 heterocycles. The van der Waals surface area contributed by atoms with Crippen LogP contribution in [0.1, 0.15) is 33.1 Å². The van der Waals surface area contributed by atoms with Crippen molar-refractivity contribution < 1.29 is 19.5 Å². The largest absolute Gasteiger partial charge is 0.481 e. The van der Waals surface area contributed by atoms with Gasteiger partial charge < -0.3 is 21.1 Å². The fraction of sp³-hybridized carbons (Fsp3) is 0.727. The molecule has 0 aromatic carbocycles. The maximum atomic E-state index is 11.3. The van der Waals surface area contributed by atoms with Gasteiger partial charge in [-0.15, -0.1) is 0 Å². The Morgan fingerprint density at radius 1 is 1.17 bits per heavy atom. The molecule has 4 N–H and O–H groups in total. The third kappa shape index (κ3) is 8.37. The van der Waals surface area contributed by atoms with Crippen LogP contribution in [0.2, 0.25) is 0 Å². The molecule has 0 aliphatic heterocycles. The lowest BCUT2D eigenvalue weighted by Gasteiger charge is -2.13. The zero-order chi connectivity index (χ0) is 14.0. The molecular formula is C11H21N3O4. The smallest absolute Gasteiger partial charge is 0.315 e. The Kier molecular flexibility index (Phi) is 8.34. The summed E-state index contributed by atoms with van der Waals surface area (Å²) in [6.07, 6.45) is 1.20. The number of carbonyl (C=O) groups is 3. The molecule has 104 valence electrons. The number of hydrogen-bond donors (Lipinski definition) is 4. The van der Waals surface area contributed by atoms with E-state index in [1.54, 1.807) is 13.8 Å². The zero-order valence-corrected chi connectivity index (χ0v) is 10.8. The molecule has 0 saturated heterocycles. The molecule has 0 aromatic rings. The van der Waals surface area contributed by atoms with Crippen molar-refractivity contribution in [2.24, 2.45) is 0 Å². The molecule has 0 radical (unpaired) electrons. The van der Waals surface area contributed by atoms with Crippen molar-refractivity contribution in [2.45, 2.75) is 39.2 Å². The van der Waals surface area contributed by atoms with Crippen LogP contribution in [-0.4, -0.2) is 42.1 Å². The molecule has 0 aromatic heterocycles. The maximum Gasteiger partial charge on any atom is 0.315 e. The van der Waals surface area contributed by atoms with Crippen molar-refractivity contribution >= 4 is 17.9 Å². The minimum atomic E-state index is -0.843. The number of aliphatic carboxylic acids is 1. The Morgan fingerprint density at radius 2 is 1.83 bits per heavy atom. The highest BCUT2D eigenvalue weighted by Crippen LogP contribution is 1.93. The van der Waals surface area contributed by atoms with E-state index < -0.39 is 18.0 Å². The average molecular weight is 259 g/mol. The van der Waals surface area contributed by atoms with E-state index in [0.29, 0.717) is 25.9 Å². The summed E-state index contributed by atoms with van der Waals surface area (Å²) in [6, 6.07) is -1.02. The number of carbonyl (C=O) groups excluding carboxylic acids is 2. The Hall–Kier alpha value is -1.79. The minimum absolute atomic E-state index is 0.0958. The molecule has 0 rings (SSSR count). The van der Waals surface area contributed by atoms with Gasteiger partial charge in [0.25, 0.3) is 0 Å². The predicted octanol–water partition coefficient (Wildman–Crippen LogP) is 0.0651. The van der Waals surface area contributed by atoms with Crippen LogP contribution in [0, 0.1) is 0 Å². The molecule has 0 aliphatic rings. The second-order valence-corrected chi connectivity index (χ2v) is 3.87. The number of nitrogens with one attached hydrogen (secondary N) is 3. The number of likely N-dealkylation sites (N-methyl/N-ethyl adjacent to an activating group) is 1.